The first kappa shape index (κ1) is 32.1. The van der Waals surface area contributed by atoms with E-state index in [4.69, 9.17) is 11.1 Å². The number of benzene rings is 1. The standard InChI is InChI=1S/C20H23F3N4O.C9H20/c1-4-5-8-26-19-17(14(20(3,22)23)10-16(28)27-19)11(2)18(25)13-7-6-12(21)9-15(13)24;1-3-5-7-9-8-6-4-2/h5-9,14,25H,4,10,24H2,1-3H3,(H,26,27,28);3-9H2,1-2H3/b8-5+,17-11+,25-18?;. The highest BCUT2D eigenvalue weighted by molar-refractivity contribution is 6.20. The van der Waals surface area contributed by atoms with E-state index in [1.54, 1.807) is 6.08 Å². The van der Waals surface area contributed by atoms with Gasteiger partial charge in [0, 0.05) is 29.4 Å². The van der Waals surface area contributed by atoms with E-state index in [0.717, 1.165) is 19.1 Å². The van der Waals surface area contributed by atoms with Crippen LogP contribution in [0.1, 0.15) is 98.0 Å². The highest BCUT2D eigenvalue weighted by Crippen LogP contribution is 2.38. The first-order valence-electron chi connectivity index (χ1n) is 13.2. The van der Waals surface area contributed by atoms with Gasteiger partial charge in [0.2, 0.25) is 5.91 Å². The highest BCUT2D eigenvalue weighted by Gasteiger charge is 2.44. The summed E-state index contributed by atoms with van der Waals surface area (Å²) in [4.78, 5) is 16.1. The average Bonchev–Trinajstić information content (AvgIpc) is 2.83. The number of carbonyl (C=O) groups is 1. The van der Waals surface area contributed by atoms with Gasteiger partial charge in [-0.3, -0.25) is 10.2 Å². The number of carbonyl (C=O) groups excluding carboxylic acids is 1. The summed E-state index contributed by atoms with van der Waals surface area (Å²) < 4.78 is 42.0. The van der Waals surface area contributed by atoms with Gasteiger partial charge in [-0.2, -0.15) is 0 Å². The first-order chi connectivity index (χ1) is 17.5. The quantitative estimate of drug-likeness (QED) is 0.157. The Kier molecular flexibility index (Phi) is 13.9. The number of amidine groups is 1. The molecule has 0 aliphatic carbocycles. The van der Waals surface area contributed by atoms with Crippen LogP contribution in [-0.4, -0.2) is 23.4 Å². The van der Waals surface area contributed by atoms with Gasteiger partial charge in [0.25, 0.3) is 5.92 Å². The van der Waals surface area contributed by atoms with Crippen LogP contribution in [0.3, 0.4) is 0 Å². The Morgan fingerprint density at radius 1 is 1.16 bits per heavy atom. The maximum Gasteiger partial charge on any atom is 0.252 e. The van der Waals surface area contributed by atoms with E-state index < -0.39 is 30.0 Å². The number of amides is 1. The molecule has 206 valence electrons. The number of halogens is 3. The predicted octanol–water partition coefficient (Wildman–Crippen LogP) is 7.96. The molecule has 1 aromatic carbocycles. The van der Waals surface area contributed by atoms with Crippen LogP contribution in [0.4, 0.5) is 18.9 Å². The number of nitrogens with two attached hydrogens (primary N) is 1. The molecule has 8 heteroatoms. The molecular formula is C29H43F3N4O. The molecule has 1 aliphatic rings. The molecule has 4 N–H and O–H groups in total. The van der Waals surface area contributed by atoms with E-state index in [0.29, 0.717) is 6.42 Å². The monoisotopic (exact) mass is 520 g/mol. The molecule has 1 unspecified atom stereocenters. The smallest absolute Gasteiger partial charge is 0.252 e. The van der Waals surface area contributed by atoms with Crippen LogP contribution in [0.5, 0.6) is 0 Å². The summed E-state index contributed by atoms with van der Waals surface area (Å²) in [6.07, 6.45) is 13.4. The topological polar surface area (TPSA) is 91.3 Å². The van der Waals surface area contributed by atoms with Crippen LogP contribution in [-0.2, 0) is 4.79 Å². The molecule has 0 bridgehead atoms. The minimum atomic E-state index is -3.21. The van der Waals surface area contributed by atoms with Crippen molar-refractivity contribution in [1.82, 2.24) is 5.32 Å². The van der Waals surface area contributed by atoms with E-state index in [1.807, 2.05) is 6.92 Å². The molecule has 1 aliphatic heterocycles. The number of aliphatic imine (C=N–C) groups is 1. The molecule has 0 radical (unpaired) electrons. The summed E-state index contributed by atoms with van der Waals surface area (Å²) in [5.41, 5.74) is 6.16. The third kappa shape index (κ3) is 10.5. The Bertz CT molecular complexity index is 987. The number of nitrogens with zero attached hydrogens (tertiary/aromatic N) is 1. The van der Waals surface area contributed by atoms with Gasteiger partial charge in [-0.15, -0.1) is 0 Å². The fourth-order valence-corrected chi connectivity index (χ4v) is 4.04. The lowest BCUT2D eigenvalue weighted by Gasteiger charge is -2.32. The van der Waals surface area contributed by atoms with E-state index in [9.17, 15) is 18.0 Å². The van der Waals surface area contributed by atoms with Crippen molar-refractivity contribution in [3.8, 4) is 0 Å². The van der Waals surface area contributed by atoms with Gasteiger partial charge in [0.05, 0.1) is 11.6 Å². The van der Waals surface area contributed by atoms with Gasteiger partial charge in [0.15, 0.2) is 0 Å². The molecule has 5 nitrogen and oxygen atoms in total. The second kappa shape index (κ2) is 16.0. The number of piperidine rings is 1. The van der Waals surface area contributed by atoms with Crippen LogP contribution in [0.2, 0.25) is 0 Å². The molecule has 1 aromatic rings. The van der Waals surface area contributed by atoms with Crippen molar-refractivity contribution in [2.24, 2.45) is 10.9 Å². The molecule has 1 saturated heterocycles. The summed E-state index contributed by atoms with van der Waals surface area (Å²) in [7, 11) is 0. The van der Waals surface area contributed by atoms with Gasteiger partial charge in [-0.05, 0) is 44.0 Å². The Labute approximate surface area is 220 Å². The lowest BCUT2D eigenvalue weighted by Crippen LogP contribution is -2.46. The summed E-state index contributed by atoms with van der Waals surface area (Å²) in [6.45, 7) is 8.64. The van der Waals surface area contributed by atoms with Crippen LogP contribution >= 0.6 is 0 Å². The lowest BCUT2D eigenvalue weighted by molar-refractivity contribution is -0.124. The molecule has 1 fully saturated rings. The van der Waals surface area contributed by atoms with E-state index in [2.05, 4.69) is 24.2 Å². The number of nitrogen functional groups attached to an aromatic ring is 1. The minimum Gasteiger partial charge on any atom is -0.398 e. The number of hydrogen-bond acceptors (Lipinski definition) is 4. The summed E-state index contributed by atoms with van der Waals surface area (Å²) in [6, 6.07) is 3.53. The van der Waals surface area contributed by atoms with Gasteiger partial charge in [0.1, 0.15) is 11.7 Å². The van der Waals surface area contributed by atoms with Crippen molar-refractivity contribution < 1.29 is 18.0 Å². The fraction of sp³-hybridized carbons (Fsp3) is 0.552. The molecule has 1 amide bonds. The van der Waals surface area contributed by atoms with Crippen molar-refractivity contribution in [3.63, 3.8) is 0 Å². The Hall–Kier alpha value is -2.90. The van der Waals surface area contributed by atoms with Gasteiger partial charge in [-0.1, -0.05) is 71.8 Å². The van der Waals surface area contributed by atoms with Crippen molar-refractivity contribution in [2.45, 2.75) is 98.3 Å². The third-order valence-corrected chi connectivity index (χ3v) is 6.18. The summed E-state index contributed by atoms with van der Waals surface area (Å²) in [5, 5.41) is 11.0. The van der Waals surface area contributed by atoms with E-state index in [1.165, 1.54) is 64.1 Å². The second-order valence-corrected chi connectivity index (χ2v) is 9.44. The number of allylic oxidation sites excluding steroid dienone is 2. The van der Waals surface area contributed by atoms with Gasteiger partial charge < -0.3 is 11.1 Å². The maximum atomic E-state index is 14.3. The van der Waals surface area contributed by atoms with Crippen molar-refractivity contribution in [2.75, 3.05) is 5.73 Å². The minimum absolute atomic E-state index is 0.0181. The molecule has 2 rings (SSSR count). The molecule has 1 atom stereocenters. The fourth-order valence-electron chi connectivity index (χ4n) is 4.04. The zero-order chi connectivity index (χ0) is 28.0. The number of hydrogen-bond donors (Lipinski definition) is 3. The van der Waals surface area contributed by atoms with Crippen molar-refractivity contribution in [3.05, 3.63) is 53.0 Å². The number of alkyl halides is 2. The Morgan fingerprint density at radius 3 is 2.27 bits per heavy atom. The van der Waals surface area contributed by atoms with Crippen molar-refractivity contribution >= 4 is 23.1 Å². The van der Waals surface area contributed by atoms with Crippen LogP contribution < -0.4 is 11.1 Å². The largest absolute Gasteiger partial charge is 0.398 e. The second-order valence-electron chi connectivity index (χ2n) is 9.44. The Morgan fingerprint density at radius 2 is 1.76 bits per heavy atom. The molecule has 1 heterocycles. The zero-order valence-electron chi connectivity index (χ0n) is 22.9. The molecule has 37 heavy (non-hydrogen) atoms. The van der Waals surface area contributed by atoms with Gasteiger partial charge in [-0.25, -0.2) is 18.2 Å². The Balaban J connectivity index is 0.000000649. The molecule has 0 aromatic heterocycles. The number of unbranched alkanes of at least 4 members (excludes halogenated alkanes) is 6. The normalized spacial score (nSPS) is 18.4. The maximum absolute atomic E-state index is 14.3. The molecule has 0 saturated carbocycles. The zero-order valence-corrected chi connectivity index (χ0v) is 22.9. The number of rotatable bonds is 11. The lowest BCUT2D eigenvalue weighted by atomic mass is 9.81. The SMILES string of the molecule is CC/C=C/N=C1\NC(=O)CC(C(C)(F)F)\C1=C(\C)C(=N)c1ccc(F)cc1N.CCCCCCCCC. The van der Waals surface area contributed by atoms with Crippen LogP contribution in [0.15, 0.2) is 46.6 Å². The van der Waals surface area contributed by atoms with Gasteiger partial charge >= 0.3 is 0 Å². The van der Waals surface area contributed by atoms with E-state index in [-0.39, 0.29) is 33.9 Å². The number of anilines is 1. The molecule has 0 spiro atoms. The number of nitrogens with one attached hydrogen (secondary N) is 2. The average molecular weight is 521 g/mol. The van der Waals surface area contributed by atoms with Crippen molar-refractivity contribution in [1.29, 1.82) is 5.41 Å². The first-order valence-corrected chi connectivity index (χ1v) is 13.2. The summed E-state index contributed by atoms with van der Waals surface area (Å²) >= 11 is 0. The predicted molar refractivity (Wildman–Crippen MR) is 148 cm³/mol. The third-order valence-electron chi connectivity index (χ3n) is 6.18. The van der Waals surface area contributed by atoms with Crippen LogP contribution in [0, 0.1) is 17.1 Å². The highest BCUT2D eigenvalue weighted by atomic mass is 19.3. The van der Waals surface area contributed by atoms with Crippen LogP contribution in [0.25, 0.3) is 0 Å². The summed E-state index contributed by atoms with van der Waals surface area (Å²) in [5.74, 6) is -5.81. The van der Waals surface area contributed by atoms with E-state index >= 15 is 0 Å². The molecular weight excluding hydrogens is 477 g/mol.